The van der Waals surface area contributed by atoms with E-state index in [1.54, 1.807) is 17.5 Å². The summed E-state index contributed by atoms with van der Waals surface area (Å²) >= 11 is 3.15. The summed E-state index contributed by atoms with van der Waals surface area (Å²) in [4.78, 5) is 54.9. The van der Waals surface area contributed by atoms with Crippen LogP contribution in [0.5, 0.6) is 0 Å². The lowest BCUT2D eigenvalue weighted by atomic mass is 9.87. The van der Waals surface area contributed by atoms with Crippen LogP contribution in [0.1, 0.15) is 21.2 Å². The molecule has 2 unspecified atom stereocenters. The topological polar surface area (TPSA) is 88.5 Å². The fourth-order valence-corrected chi connectivity index (χ4v) is 8.70. The fourth-order valence-electron chi connectivity index (χ4n) is 4.98. The molecule has 0 spiro atoms. The van der Waals surface area contributed by atoms with E-state index in [1.807, 2.05) is 0 Å². The standard InChI is InChI=1S/C27H17F4N3O4S3/c28-14-6-8-15(9-7-14)32-18(35)12-33-25-22(41-26(33)38)19(17-5-2-10-39-17)20-21(40-25)24(37)34(23(20)36)16-4-1-3-13(11-16)27(29,30)31/h1-11,19-21H,12H2,(H,32,35)/t19-,20?,21?/m1/s1. The van der Waals surface area contributed by atoms with E-state index in [9.17, 15) is 36.7 Å². The van der Waals surface area contributed by atoms with Crippen molar-refractivity contribution in [1.82, 2.24) is 4.57 Å². The molecule has 2 aromatic heterocycles. The number of carbonyl (C=O) groups is 3. The number of nitrogens with zero attached hydrogens (tertiary/aromatic N) is 2. The van der Waals surface area contributed by atoms with Gasteiger partial charge in [0.1, 0.15) is 17.6 Å². The van der Waals surface area contributed by atoms with Crippen LogP contribution in [0.15, 0.2) is 75.9 Å². The molecule has 41 heavy (non-hydrogen) atoms. The van der Waals surface area contributed by atoms with Gasteiger partial charge in [-0.05, 0) is 53.9 Å². The van der Waals surface area contributed by atoms with Crippen molar-refractivity contribution in [3.63, 3.8) is 0 Å². The molecular weight excluding hydrogens is 603 g/mol. The first-order valence-corrected chi connectivity index (χ1v) is 14.6. The number of benzene rings is 2. The van der Waals surface area contributed by atoms with E-state index in [2.05, 4.69) is 5.32 Å². The van der Waals surface area contributed by atoms with Gasteiger partial charge in [0, 0.05) is 21.4 Å². The number of anilines is 2. The lowest BCUT2D eigenvalue weighted by molar-refractivity contribution is -0.137. The largest absolute Gasteiger partial charge is 0.416 e. The monoisotopic (exact) mass is 619 g/mol. The lowest BCUT2D eigenvalue weighted by Crippen LogP contribution is -2.32. The Hall–Kier alpha value is -3.75. The number of carbonyl (C=O) groups excluding carboxylic acids is 3. The van der Waals surface area contributed by atoms with Crippen molar-refractivity contribution in [2.24, 2.45) is 5.92 Å². The fraction of sp³-hybridized carbons (Fsp3) is 0.185. The second-order valence-electron chi connectivity index (χ2n) is 9.30. The summed E-state index contributed by atoms with van der Waals surface area (Å²) in [7, 11) is 0. The summed E-state index contributed by atoms with van der Waals surface area (Å²) in [5, 5.41) is 3.70. The summed E-state index contributed by atoms with van der Waals surface area (Å²) in [6.45, 7) is -0.400. The van der Waals surface area contributed by atoms with Crippen LogP contribution in [-0.2, 0) is 27.1 Å². The Kier molecular flexibility index (Phi) is 6.86. The molecule has 0 aliphatic carbocycles. The highest BCUT2D eigenvalue weighted by Crippen LogP contribution is 2.54. The number of nitrogens with one attached hydrogen (secondary N) is 1. The number of amides is 3. The van der Waals surface area contributed by atoms with Gasteiger partial charge in [-0.1, -0.05) is 35.2 Å². The molecule has 4 aromatic rings. The minimum Gasteiger partial charge on any atom is -0.325 e. The average molecular weight is 620 g/mol. The van der Waals surface area contributed by atoms with Crippen molar-refractivity contribution in [2.45, 2.75) is 28.9 Å². The van der Waals surface area contributed by atoms with Crippen LogP contribution in [0.4, 0.5) is 28.9 Å². The van der Waals surface area contributed by atoms with Gasteiger partial charge in [0.05, 0.1) is 22.2 Å². The zero-order chi connectivity index (χ0) is 29.1. The number of alkyl halides is 3. The minimum absolute atomic E-state index is 0.186. The number of fused-ring (bicyclic) bond motifs is 2. The molecule has 0 saturated carbocycles. The SMILES string of the molecule is O=C(Cn1c2c(sc1=O)[C@H](c1cccs1)C1C(=O)N(c3cccc(C(F)(F)F)c3)C(=O)C1S2)Nc1ccc(F)cc1. The molecule has 0 bridgehead atoms. The number of aromatic nitrogens is 1. The highest BCUT2D eigenvalue weighted by atomic mass is 32.2. The Balaban J connectivity index is 1.38. The predicted molar refractivity (Wildman–Crippen MR) is 147 cm³/mol. The van der Waals surface area contributed by atoms with Crippen molar-refractivity contribution in [3.05, 3.63) is 96.8 Å². The number of hydrogen-bond acceptors (Lipinski definition) is 7. The Bertz CT molecular complexity index is 1730. The molecule has 1 saturated heterocycles. The predicted octanol–water partition coefficient (Wildman–Crippen LogP) is 5.56. The van der Waals surface area contributed by atoms with Crippen LogP contribution in [0.2, 0.25) is 0 Å². The molecule has 1 N–H and O–H groups in total. The summed E-state index contributed by atoms with van der Waals surface area (Å²) < 4.78 is 54.7. The molecule has 0 radical (unpaired) electrons. The molecule has 210 valence electrons. The van der Waals surface area contributed by atoms with E-state index in [4.69, 9.17) is 0 Å². The van der Waals surface area contributed by atoms with Crippen LogP contribution >= 0.6 is 34.4 Å². The van der Waals surface area contributed by atoms with Crippen LogP contribution in [0, 0.1) is 11.7 Å². The third-order valence-electron chi connectivity index (χ3n) is 6.76. The van der Waals surface area contributed by atoms with Crippen LogP contribution in [0.3, 0.4) is 0 Å². The van der Waals surface area contributed by atoms with E-state index in [-0.39, 0.29) is 5.69 Å². The molecular formula is C27H17F4N3O4S3. The third kappa shape index (κ3) is 4.89. The molecule has 14 heteroatoms. The normalized spacial score (nSPS) is 20.2. The van der Waals surface area contributed by atoms with E-state index in [1.165, 1.54) is 46.2 Å². The quantitative estimate of drug-likeness (QED) is 0.233. The summed E-state index contributed by atoms with van der Waals surface area (Å²) in [5.41, 5.74) is -0.853. The zero-order valence-electron chi connectivity index (χ0n) is 20.6. The van der Waals surface area contributed by atoms with E-state index < -0.39 is 63.8 Å². The van der Waals surface area contributed by atoms with E-state index in [0.29, 0.717) is 20.5 Å². The van der Waals surface area contributed by atoms with Crippen molar-refractivity contribution >= 4 is 63.5 Å². The second kappa shape index (κ2) is 10.3. The van der Waals surface area contributed by atoms with Gasteiger partial charge in [-0.15, -0.1) is 11.3 Å². The molecule has 6 rings (SSSR count). The number of rotatable bonds is 5. The number of thiophene rings is 1. The Morgan fingerprint density at radius 3 is 2.41 bits per heavy atom. The van der Waals surface area contributed by atoms with Gasteiger partial charge >= 0.3 is 11.0 Å². The van der Waals surface area contributed by atoms with Crippen molar-refractivity contribution in [1.29, 1.82) is 0 Å². The molecule has 2 aliphatic rings. The number of thioether (sulfide) groups is 1. The van der Waals surface area contributed by atoms with Gasteiger partial charge in [0.15, 0.2) is 0 Å². The maximum Gasteiger partial charge on any atom is 0.416 e. The first kappa shape index (κ1) is 27.4. The highest BCUT2D eigenvalue weighted by molar-refractivity contribution is 8.00. The van der Waals surface area contributed by atoms with Gasteiger partial charge in [0.25, 0.3) is 0 Å². The molecule has 7 nitrogen and oxygen atoms in total. The molecule has 2 aromatic carbocycles. The molecule has 4 heterocycles. The summed E-state index contributed by atoms with van der Waals surface area (Å²) in [5.74, 6) is -4.06. The smallest absolute Gasteiger partial charge is 0.325 e. The number of thiazole rings is 1. The third-order valence-corrected chi connectivity index (χ3v) is 10.3. The Morgan fingerprint density at radius 2 is 1.73 bits per heavy atom. The molecule has 3 atom stereocenters. The number of halogens is 4. The van der Waals surface area contributed by atoms with Gasteiger partial charge in [-0.25, -0.2) is 9.29 Å². The number of imide groups is 1. The van der Waals surface area contributed by atoms with Crippen LogP contribution in [-0.4, -0.2) is 27.5 Å². The molecule has 1 fully saturated rings. The van der Waals surface area contributed by atoms with E-state index >= 15 is 0 Å². The number of hydrogen-bond donors (Lipinski definition) is 1. The molecule has 2 aliphatic heterocycles. The molecule has 3 amide bonds. The Labute approximate surface area is 241 Å². The first-order valence-electron chi connectivity index (χ1n) is 12.1. The zero-order valence-corrected chi connectivity index (χ0v) is 23.0. The van der Waals surface area contributed by atoms with Crippen LogP contribution in [0.25, 0.3) is 0 Å². The van der Waals surface area contributed by atoms with Gasteiger partial charge < -0.3 is 5.32 Å². The summed E-state index contributed by atoms with van der Waals surface area (Å²) in [6.07, 6.45) is -4.67. The maximum absolute atomic E-state index is 13.8. The van der Waals surface area contributed by atoms with Crippen molar-refractivity contribution in [3.8, 4) is 0 Å². The van der Waals surface area contributed by atoms with Crippen LogP contribution < -0.4 is 15.1 Å². The van der Waals surface area contributed by atoms with Gasteiger partial charge in [-0.3, -0.25) is 23.7 Å². The van der Waals surface area contributed by atoms with Gasteiger partial charge in [0.2, 0.25) is 17.7 Å². The average Bonchev–Trinajstić information content (AvgIpc) is 3.62. The first-order chi connectivity index (χ1) is 19.5. The van der Waals surface area contributed by atoms with Crippen molar-refractivity contribution < 1.29 is 31.9 Å². The maximum atomic E-state index is 13.8. The highest BCUT2D eigenvalue weighted by Gasteiger charge is 2.57. The van der Waals surface area contributed by atoms with Crippen molar-refractivity contribution in [2.75, 3.05) is 10.2 Å². The second-order valence-corrected chi connectivity index (χ2v) is 12.4. The minimum atomic E-state index is -4.67. The van der Waals surface area contributed by atoms with Gasteiger partial charge in [-0.2, -0.15) is 13.2 Å². The summed E-state index contributed by atoms with van der Waals surface area (Å²) in [6, 6.07) is 12.7. The lowest BCUT2D eigenvalue weighted by Gasteiger charge is -2.29. The Morgan fingerprint density at radius 1 is 0.976 bits per heavy atom. The van der Waals surface area contributed by atoms with E-state index in [0.717, 1.165) is 46.2 Å².